The summed E-state index contributed by atoms with van der Waals surface area (Å²) in [7, 11) is -7.93. The van der Waals surface area contributed by atoms with Gasteiger partial charge in [0.15, 0.2) is 0 Å². The number of phenolic OH excluding ortho intramolecular Hbond substituents is 2. The first-order chi connectivity index (χ1) is 37.3. The van der Waals surface area contributed by atoms with E-state index >= 15 is 0 Å². The van der Waals surface area contributed by atoms with E-state index in [1.54, 1.807) is 24.3 Å². The third kappa shape index (κ3) is 15.8. The third-order valence-electron chi connectivity index (χ3n) is 14.5. The van der Waals surface area contributed by atoms with E-state index in [-0.39, 0.29) is 95.8 Å². The van der Waals surface area contributed by atoms with Crippen LogP contribution in [0.15, 0.2) is 107 Å². The van der Waals surface area contributed by atoms with Crippen LogP contribution in [0.3, 0.4) is 0 Å². The molecule has 1 aliphatic carbocycles. The minimum Gasteiger partial charge on any atom is -0.507 e. The fourth-order valence-corrected chi connectivity index (χ4v) is 11.4. The lowest BCUT2D eigenvalue weighted by molar-refractivity contribution is 0.0774. The van der Waals surface area contributed by atoms with E-state index in [9.17, 15) is 27.0 Å². The van der Waals surface area contributed by atoms with Crippen LogP contribution >= 0.6 is 0 Å². The Hall–Kier alpha value is -5.74. The zero-order valence-corrected chi connectivity index (χ0v) is 51.1. The van der Waals surface area contributed by atoms with Crippen molar-refractivity contribution in [3.63, 3.8) is 0 Å². The SMILES string of the molecule is Cc1ccc(S(=O)(=O)OCCOCCOc2c3cc(C(C)(C)C)cc2Cc2cc(C(C)(C)C)cc(c2O)Cc2cc(C(C)(C)C)cc(c2OCCOCCOS(=O)(=O)c2ccc(C)cc2)Cc2cc(C(C)(C)C)cc(c2O)C3)cc1. The Labute approximate surface area is 477 Å². The first-order valence-corrected chi connectivity index (χ1v) is 30.5. The minimum atomic E-state index is -3.96. The average molecular weight is 1130 g/mol. The maximum absolute atomic E-state index is 12.9. The second kappa shape index (κ2) is 24.8. The molecule has 12 nitrogen and oxygen atoms in total. The highest BCUT2D eigenvalue weighted by molar-refractivity contribution is 7.87. The number of phenols is 2. The van der Waals surface area contributed by atoms with Crippen molar-refractivity contribution in [2.45, 2.75) is 154 Å². The summed E-state index contributed by atoms with van der Waals surface area (Å²) >= 11 is 0. The van der Waals surface area contributed by atoms with Crippen molar-refractivity contribution in [2.24, 2.45) is 0 Å². The molecule has 6 aromatic rings. The van der Waals surface area contributed by atoms with Crippen LogP contribution in [0.4, 0.5) is 0 Å². The van der Waals surface area contributed by atoms with Crippen LogP contribution in [0.25, 0.3) is 0 Å². The predicted molar refractivity (Wildman–Crippen MR) is 316 cm³/mol. The van der Waals surface area contributed by atoms with Gasteiger partial charge in [-0.2, -0.15) is 16.8 Å². The Balaban J connectivity index is 1.29. The summed E-state index contributed by atoms with van der Waals surface area (Å²) in [4.78, 5) is 0.160. The van der Waals surface area contributed by atoms with Gasteiger partial charge in [0.05, 0.1) is 49.4 Å². The highest BCUT2D eigenvalue weighted by Crippen LogP contribution is 2.44. The molecule has 80 heavy (non-hydrogen) atoms. The van der Waals surface area contributed by atoms with E-state index in [4.69, 9.17) is 27.3 Å². The molecular weight excluding hydrogens is 1050 g/mol. The number of aryl methyl sites for hydroxylation is 2. The van der Waals surface area contributed by atoms with Crippen LogP contribution in [0.1, 0.15) is 161 Å². The fraction of sp³-hybridized carbons (Fsp3) is 0.455. The molecule has 0 amide bonds. The number of rotatable bonds is 18. The van der Waals surface area contributed by atoms with Crippen molar-refractivity contribution in [3.8, 4) is 23.0 Å². The average Bonchev–Trinajstić information content (AvgIpc) is 3.37. The Morgan fingerprint density at radius 3 is 0.850 bits per heavy atom. The molecule has 0 radical (unpaired) electrons. The van der Waals surface area contributed by atoms with Crippen LogP contribution in [-0.2, 0) is 85.4 Å². The van der Waals surface area contributed by atoms with Gasteiger partial charge in [-0.15, -0.1) is 0 Å². The summed E-state index contributed by atoms with van der Waals surface area (Å²) in [6, 6.07) is 30.0. The smallest absolute Gasteiger partial charge is 0.297 e. The molecule has 14 heteroatoms. The molecule has 1 aliphatic rings. The quantitative estimate of drug-likeness (QED) is 0.0618. The summed E-state index contributed by atoms with van der Waals surface area (Å²) in [6.45, 7) is 30.0. The number of ether oxygens (including phenoxy) is 4. The van der Waals surface area contributed by atoms with Crippen molar-refractivity contribution >= 4 is 20.2 Å². The fourth-order valence-electron chi connectivity index (χ4n) is 9.58. The minimum absolute atomic E-state index is 0.0164. The van der Waals surface area contributed by atoms with E-state index in [2.05, 4.69) is 132 Å². The van der Waals surface area contributed by atoms with Gasteiger partial charge < -0.3 is 29.2 Å². The first kappa shape index (κ1) is 61.9. The van der Waals surface area contributed by atoms with E-state index < -0.39 is 20.2 Å². The normalized spacial score (nSPS) is 13.6. The molecule has 432 valence electrons. The molecule has 0 fully saturated rings. The van der Waals surface area contributed by atoms with E-state index in [0.29, 0.717) is 37.2 Å². The second-order valence-corrected chi connectivity index (χ2v) is 28.6. The maximum atomic E-state index is 12.9. The monoisotopic (exact) mass is 1130 g/mol. The lowest BCUT2D eigenvalue weighted by Gasteiger charge is -2.28. The largest absolute Gasteiger partial charge is 0.507 e. The van der Waals surface area contributed by atoms with E-state index in [0.717, 1.165) is 77.9 Å². The van der Waals surface area contributed by atoms with Gasteiger partial charge >= 0.3 is 0 Å². The molecule has 0 saturated carbocycles. The highest BCUT2D eigenvalue weighted by Gasteiger charge is 2.29. The van der Waals surface area contributed by atoms with Gasteiger partial charge in [0.2, 0.25) is 0 Å². The van der Waals surface area contributed by atoms with Crippen LogP contribution in [-0.4, -0.2) is 79.9 Å². The lowest BCUT2D eigenvalue weighted by atomic mass is 9.79. The van der Waals surface area contributed by atoms with Gasteiger partial charge in [0.1, 0.15) is 36.2 Å². The zero-order valence-electron chi connectivity index (χ0n) is 49.5. The summed E-state index contributed by atoms with van der Waals surface area (Å²) in [5, 5.41) is 25.4. The Morgan fingerprint density at radius 1 is 0.362 bits per heavy atom. The molecule has 0 saturated heterocycles. The molecule has 0 atom stereocenters. The molecule has 7 rings (SSSR count). The number of fused-ring (bicyclic) bond motifs is 8. The number of aromatic hydroxyl groups is 2. The van der Waals surface area contributed by atoms with Crippen LogP contribution in [0.2, 0.25) is 0 Å². The molecule has 0 heterocycles. The molecule has 8 bridgehead atoms. The summed E-state index contributed by atoms with van der Waals surface area (Å²) in [6.07, 6.45) is 1.24. The van der Waals surface area contributed by atoms with E-state index in [1.165, 1.54) is 24.3 Å². The van der Waals surface area contributed by atoms with E-state index in [1.807, 2.05) is 13.8 Å². The highest BCUT2D eigenvalue weighted by atomic mass is 32.2. The van der Waals surface area contributed by atoms with Gasteiger partial charge in [-0.05, 0) is 127 Å². The van der Waals surface area contributed by atoms with Gasteiger partial charge in [-0.1, -0.05) is 167 Å². The Bertz CT molecular complexity index is 3050. The summed E-state index contributed by atoms with van der Waals surface area (Å²) < 4.78 is 87.5. The van der Waals surface area contributed by atoms with Gasteiger partial charge in [-0.3, -0.25) is 8.37 Å². The second-order valence-electron chi connectivity index (χ2n) is 25.3. The van der Waals surface area contributed by atoms with Crippen molar-refractivity contribution in [1.82, 2.24) is 0 Å². The Kier molecular flexibility index (Phi) is 19.2. The number of benzene rings is 6. The first-order valence-electron chi connectivity index (χ1n) is 27.7. The molecule has 0 aromatic heterocycles. The topological polar surface area (TPSA) is 164 Å². The van der Waals surface area contributed by atoms with Crippen molar-refractivity contribution in [1.29, 1.82) is 0 Å². The van der Waals surface area contributed by atoms with Gasteiger partial charge in [0.25, 0.3) is 20.2 Å². The number of hydrogen-bond donors (Lipinski definition) is 2. The van der Waals surface area contributed by atoms with Crippen LogP contribution in [0, 0.1) is 13.8 Å². The maximum Gasteiger partial charge on any atom is 0.297 e. The molecule has 2 N–H and O–H groups in total. The van der Waals surface area contributed by atoms with Crippen LogP contribution < -0.4 is 9.47 Å². The molecule has 0 aliphatic heterocycles. The third-order valence-corrected chi connectivity index (χ3v) is 17.2. The molecule has 0 unspecified atom stereocenters. The van der Waals surface area contributed by atoms with Gasteiger partial charge in [0, 0.05) is 25.7 Å². The summed E-state index contributed by atoms with van der Waals surface area (Å²) in [5.74, 6) is 1.57. The standard InChI is InChI=1S/C66H84O12S2/c1-43-15-19-57(20-16-43)79(69,70)77-29-25-73-23-27-75-61-49-31-45-35-53(63(3,4)5)37-47(59(45)67)33-51-41-56(66(12,13)14)42-52(62(51)76-28-24-74-26-30-78-80(71,72)58-21-17-44(2)18-22-58)34-48-38-54(64(6,7)8)36-46(60(48)68)32-50(61)40-55(39-49)65(9,10)11/h15-22,35-42,67-68H,23-34H2,1-14H3. The lowest BCUT2D eigenvalue weighted by Crippen LogP contribution is -2.18. The Morgan fingerprint density at radius 2 is 0.600 bits per heavy atom. The van der Waals surface area contributed by atoms with Crippen LogP contribution in [0.5, 0.6) is 23.0 Å². The summed E-state index contributed by atoms with van der Waals surface area (Å²) in [5.41, 5.74) is 11.2. The molecule has 0 spiro atoms. The molecular formula is C66H84O12S2. The van der Waals surface area contributed by atoms with Crippen molar-refractivity contribution in [2.75, 3.05) is 52.9 Å². The zero-order chi connectivity index (χ0) is 58.6. The van der Waals surface area contributed by atoms with Gasteiger partial charge in [-0.25, -0.2) is 0 Å². The van der Waals surface area contributed by atoms with Crippen molar-refractivity contribution in [3.05, 3.63) is 175 Å². The number of hydrogen-bond acceptors (Lipinski definition) is 12. The predicted octanol–water partition coefficient (Wildman–Crippen LogP) is 13.2. The molecule has 6 aromatic carbocycles. The van der Waals surface area contributed by atoms with Crippen molar-refractivity contribution < 1.29 is 54.4 Å².